The lowest BCUT2D eigenvalue weighted by Crippen LogP contribution is -2.29. The minimum Gasteiger partial charge on any atom is -0.398 e. The zero-order valence-corrected chi connectivity index (χ0v) is 10.9. The van der Waals surface area contributed by atoms with Crippen LogP contribution < -0.4 is 10.6 Å². The van der Waals surface area contributed by atoms with E-state index < -0.39 is 0 Å². The lowest BCUT2D eigenvalue weighted by molar-refractivity contribution is 0.0980. The largest absolute Gasteiger partial charge is 0.398 e. The number of aryl methyl sites for hydroxylation is 2. The average Bonchev–Trinajstić information content (AvgIpc) is 2.96. The Morgan fingerprint density at radius 1 is 1.37 bits per heavy atom. The predicted molar refractivity (Wildman–Crippen MR) is 72.2 cm³/mol. The third-order valence-corrected chi connectivity index (χ3v) is 3.46. The molecule has 0 aliphatic carbocycles. The van der Waals surface area contributed by atoms with Crippen LogP contribution in [0.15, 0.2) is 22.7 Å². The van der Waals surface area contributed by atoms with Crippen LogP contribution in [-0.4, -0.2) is 17.6 Å². The number of carbonyl (C=O) groups excluding carboxylic acids is 1. The summed E-state index contributed by atoms with van der Waals surface area (Å²) in [5.74, 6) is 0.491. The number of rotatable bonds is 1. The van der Waals surface area contributed by atoms with E-state index in [1.165, 1.54) is 0 Å². The number of nitrogens with zero attached hydrogens (tertiary/aromatic N) is 2. The Labute approximate surface area is 111 Å². The van der Waals surface area contributed by atoms with Gasteiger partial charge in [0, 0.05) is 24.0 Å². The second kappa shape index (κ2) is 4.12. The van der Waals surface area contributed by atoms with Gasteiger partial charge in [-0.25, -0.2) is 0 Å². The van der Waals surface area contributed by atoms with Gasteiger partial charge in [0.05, 0.1) is 0 Å². The Hall–Kier alpha value is -2.30. The number of hydrogen-bond donors (Lipinski definition) is 1. The summed E-state index contributed by atoms with van der Waals surface area (Å²) in [7, 11) is 0. The zero-order chi connectivity index (χ0) is 13.6. The average molecular weight is 257 g/mol. The van der Waals surface area contributed by atoms with Gasteiger partial charge in [-0.1, -0.05) is 11.2 Å². The summed E-state index contributed by atoms with van der Waals surface area (Å²) in [4.78, 5) is 14.1. The van der Waals surface area contributed by atoms with Crippen molar-refractivity contribution in [2.75, 3.05) is 17.2 Å². The molecule has 2 aromatic rings. The third kappa shape index (κ3) is 1.87. The lowest BCUT2D eigenvalue weighted by Gasteiger charge is -2.16. The van der Waals surface area contributed by atoms with E-state index in [0.29, 0.717) is 23.7 Å². The number of fused-ring (bicyclic) bond motifs is 1. The van der Waals surface area contributed by atoms with Crippen molar-refractivity contribution in [3.8, 4) is 0 Å². The molecule has 0 unspecified atom stereocenters. The molecule has 5 heteroatoms. The first-order valence-corrected chi connectivity index (χ1v) is 6.20. The van der Waals surface area contributed by atoms with Gasteiger partial charge in [0.1, 0.15) is 5.76 Å². The molecule has 0 fully saturated rings. The Balaban J connectivity index is 1.98. The van der Waals surface area contributed by atoms with Crippen LogP contribution in [0.1, 0.15) is 27.4 Å². The zero-order valence-electron chi connectivity index (χ0n) is 10.9. The standard InChI is InChI=1S/C14H15N3O2/c1-8-5-10-3-4-17(13(10)7-11(8)15)14(18)12-6-9(2)19-16-12/h5-7H,3-4,15H2,1-2H3. The molecule has 0 spiro atoms. The summed E-state index contributed by atoms with van der Waals surface area (Å²) < 4.78 is 4.95. The van der Waals surface area contributed by atoms with Crippen LogP contribution >= 0.6 is 0 Å². The predicted octanol–water partition coefficient (Wildman–Crippen LogP) is 2.08. The van der Waals surface area contributed by atoms with Gasteiger partial charge in [0.25, 0.3) is 5.91 Å². The summed E-state index contributed by atoms with van der Waals surface area (Å²) >= 11 is 0. The molecule has 2 heterocycles. The molecule has 1 aromatic heterocycles. The highest BCUT2D eigenvalue weighted by Crippen LogP contribution is 2.32. The summed E-state index contributed by atoms with van der Waals surface area (Å²) in [6.07, 6.45) is 0.846. The monoisotopic (exact) mass is 257 g/mol. The Bertz CT molecular complexity index is 661. The fraction of sp³-hybridized carbons (Fsp3) is 0.286. The second-order valence-corrected chi connectivity index (χ2v) is 4.87. The first kappa shape index (κ1) is 11.8. The van der Waals surface area contributed by atoms with Gasteiger partial charge in [-0.05, 0) is 37.5 Å². The molecular weight excluding hydrogens is 242 g/mol. The Morgan fingerprint density at radius 2 is 2.16 bits per heavy atom. The van der Waals surface area contributed by atoms with Crippen molar-refractivity contribution >= 4 is 17.3 Å². The fourth-order valence-corrected chi connectivity index (χ4v) is 2.39. The molecule has 3 rings (SSSR count). The van der Waals surface area contributed by atoms with Crippen LogP contribution in [0.2, 0.25) is 0 Å². The van der Waals surface area contributed by atoms with Crippen LogP contribution in [0.25, 0.3) is 0 Å². The molecule has 5 nitrogen and oxygen atoms in total. The number of amides is 1. The van der Waals surface area contributed by atoms with Crippen LogP contribution in [0.4, 0.5) is 11.4 Å². The second-order valence-electron chi connectivity index (χ2n) is 4.87. The molecule has 0 saturated heterocycles. The number of benzene rings is 1. The normalized spacial score (nSPS) is 13.7. The SMILES string of the molecule is Cc1cc(C(=O)N2CCc3cc(C)c(N)cc32)no1. The highest BCUT2D eigenvalue weighted by Gasteiger charge is 2.28. The number of nitrogen functional groups attached to an aromatic ring is 1. The molecule has 0 radical (unpaired) electrons. The first-order valence-electron chi connectivity index (χ1n) is 6.20. The molecule has 1 amide bonds. The Kier molecular flexibility index (Phi) is 2.55. The quantitative estimate of drug-likeness (QED) is 0.794. The van der Waals surface area contributed by atoms with Gasteiger partial charge in [-0.15, -0.1) is 0 Å². The Morgan fingerprint density at radius 3 is 2.84 bits per heavy atom. The summed E-state index contributed by atoms with van der Waals surface area (Å²) in [5, 5.41) is 3.78. The van der Waals surface area contributed by atoms with Crippen molar-refractivity contribution in [1.29, 1.82) is 0 Å². The molecule has 0 bridgehead atoms. The molecule has 0 atom stereocenters. The van der Waals surface area contributed by atoms with Crippen LogP contribution in [-0.2, 0) is 6.42 Å². The summed E-state index contributed by atoms with van der Waals surface area (Å²) in [6.45, 7) is 4.40. The van der Waals surface area contributed by atoms with Gasteiger partial charge in [-0.3, -0.25) is 4.79 Å². The van der Waals surface area contributed by atoms with Crippen LogP contribution in [0, 0.1) is 13.8 Å². The van der Waals surface area contributed by atoms with Gasteiger partial charge in [0.15, 0.2) is 5.69 Å². The van der Waals surface area contributed by atoms with E-state index in [4.69, 9.17) is 10.3 Å². The molecule has 98 valence electrons. The fourth-order valence-electron chi connectivity index (χ4n) is 2.39. The molecule has 2 N–H and O–H groups in total. The topological polar surface area (TPSA) is 72.4 Å². The maximum Gasteiger partial charge on any atom is 0.280 e. The van der Waals surface area contributed by atoms with E-state index in [9.17, 15) is 4.79 Å². The van der Waals surface area contributed by atoms with E-state index in [0.717, 1.165) is 23.2 Å². The number of anilines is 2. The number of aromatic nitrogens is 1. The highest BCUT2D eigenvalue weighted by molar-refractivity contribution is 6.06. The summed E-state index contributed by atoms with van der Waals surface area (Å²) in [5.41, 5.74) is 10.0. The molecule has 1 aliphatic rings. The maximum absolute atomic E-state index is 12.4. The van der Waals surface area contributed by atoms with E-state index in [1.54, 1.807) is 17.9 Å². The van der Waals surface area contributed by atoms with E-state index >= 15 is 0 Å². The molecule has 1 aromatic carbocycles. The van der Waals surface area contributed by atoms with Gasteiger partial charge in [0.2, 0.25) is 0 Å². The molecule has 19 heavy (non-hydrogen) atoms. The van der Waals surface area contributed by atoms with Crippen molar-refractivity contribution in [3.63, 3.8) is 0 Å². The minimum atomic E-state index is -0.140. The van der Waals surface area contributed by atoms with Crippen molar-refractivity contribution in [3.05, 3.63) is 40.8 Å². The molecule has 1 aliphatic heterocycles. The smallest absolute Gasteiger partial charge is 0.280 e. The summed E-state index contributed by atoms with van der Waals surface area (Å²) in [6, 6.07) is 5.56. The third-order valence-electron chi connectivity index (χ3n) is 3.46. The highest BCUT2D eigenvalue weighted by atomic mass is 16.5. The van der Waals surface area contributed by atoms with Crippen molar-refractivity contribution in [1.82, 2.24) is 5.16 Å². The molecule has 0 saturated carbocycles. The van der Waals surface area contributed by atoms with Crippen LogP contribution in [0.3, 0.4) is 0 Å². The number of carbonyl (C=O) groups is 1. The number of hydrogen-bond acceptors (Lipinski definition) is 4. The first-order chi connectivity index (χ1) is 9.06. The van der Waals surface area contributed by atoms with Crippen LogP contribution in [0.5, 0.6) is 0 Å². The van der Waals surface area contributed by atoms with Gasteiger partial charge in [-0.2, -0.15) is 0 Å². The maximum atomic E-state index is 12.4. The van der Waals surface area contributed by atoms with E-state index in [2.05, 4.69) is 5.16 Å². The van der Waals surface area contributed by atoms with Crippen molar-refractivity contribution in [2.45, 2.75) is 20.3 Å². The van der Waals surface area contributed by atoms with E-state index in [-0.39, 0.29) is 5.91 Å². The van der Waals surface area contributed by atoms with Crippen molar-refractivity contribution in [2.24, 2.45) is 0 Å². The molecular formula is C14H15N3O2. The lowest BCUT2D eigenvalue weighted by atomic mass is 10.1. The van der Waals surface area contributed by atoms with Crippen molar-refractivity contribution < 1.29 is 9.32 Å². The van der Waals surface area contributed by atoms with E-state index in [1.807, 2.05) is 19.1 Å². The number of nitrogens with two attached hydrogens (primary N) is 1. The van der Waals surface area contributed by atoms with Gasteiger partial charge < -0.3 is 15.2 Å². The van der Waals surface area contributed by atoms with Gasteiger partial charge >= 0.3 is 0 Å². The minimum absolute atomic E-state index is 0.140.